The lowest BCUT2D eigenvalue weighted by Crippen LogP contribution is -2.40. The van der Waals surface area contributed by atoms with Gasteiger partial charge in [-0.05, 0) is 30.9 Å². The van der Waals surface area contributed by atoms with Gasteiger partial charge in [-0.15, -0.1) is 4.40 Å². The number of benzene rings is 1. The summed E-state index contributed by atoms with van der Waals surface area (Å²) in [6.45, 7) is 1.34. The van der Waals surface area contributed by atoms with Gasteiger partial charge in [0.05, 0.1) is 6.33 Å². The topological polar surface area (TPSA) is 84.6 Å². The van der Waals surface area contributed by atoms with Gasteiger partial charge >= 0.3 is 6.18 Å². The number of piperidine rings is 1. The smallest absolute Gasteiger partial charge is 0.355 e. The number of alkyl halides is 3. The fraction of sp³-hybridized carbons (Fsp3) is 0.389. The van der Waals surface area contributed by atoms with Gasteiger partial charge < -0.3 is 4.90 Å². The van der Waals surface area contributed by atoms with Crippen molar-refractivity contribution in [2.75, 3.05) is 13.1 Å². The fourth-order valence-corrected chi connectivity index (χ4v) is 4.87. The Morgan fingerprint density at radius 1 is 1.14 bits per heavy atom. The van der Waals surface area contributed by atoms with Gasteiger partial charge in [-0.3, -0.25) is 9.36 Å². The summed E-state index contributed by atoms with van der Waals surface area (Å²) in [6, 6.07) is 7.16. The maximum absolute atomic E-state index is 12.6. The fourth-order valence-electron chi connectivity index (χ4n) is 3.64. The molecule has 0 N–H and O–H groups in total. The molecule has 0 spiro atoms. The molecule has 7 nitrogen and oxygen atoms in total. The Hall–Kier alpha value is -2.69. The second kappa shape index (κ2) is 6.97. The highest BCUT2D eigenvalue weighted by Gasteiger charge is 2.34. The summed E-state index contributed by atoms with van der Waals surface area (Å²) in [4.78, 5) is 17.4. The molecule has 2 aromatic rings. The molecule has 0 bridgehead atoms. The third-order valence-electron chi connectivity index (χ3n) is 5.15. The van der Waals surface area contributed by atoms with E-state index in [-0.39, 0.29) is 17.4 Å². The van der Waals surface area contributed by atoms with Crippen LogP contribution in [0, 0.1) is 5.92 Å². The molecule has 29 heavy (non-hydrogen) atoms. The average Bonchev–Trinajstić information content (AvgIpc) is 2.95. The van der Waals surface area contributed by atoms with Crippen LogP contribution >= 0.6 is 0 Å². The monoisotopic (exact) mass is 426 g/mol. The molecule has 3 heterocycles. The lowest BCUT2D eigenvalue weighted by molar-refractivity contribution is -0.141. The first-order valence-corrected chi connectivity index (χ1v) is 10.4. The van der Waals surface area contributed by atoms with Crippen molar-refractivity contribution in [2.45, 2.75) is 30.5 Å². The molecule has 1 fully saturated rings. The molecule has 2 aliphatic heterocycles. The first-order valence-electron chi connectivity index (χ1n) is 8.98. The normalized spacial score (nSPS) is 19.1. The number of hydrogen-bond acceptors (Lipinski definition) is 5. The predicted octanol–water partition coefficient (Wildman–Crippen LogP) is 2.12. The van der Waals surface area contributed by atoms with Crippen LogP contribution < -0.4 is 5.56 Å². The zero-order valence-corrected chi connectivity index (χ0v) is 15.9. The van der Waals surface area contributed by atoms with Crippen LogP contribution in [0.1, 0.15) is 24.1 Å². The molecule has 0 radical (unpaired) electrons. The van der Waals surface area contributed by atoms with Gasteiger partial charge in [-0.1, -0.05) is 12.1 Å². The molecule has 11 heteroatoms. The molecular formula is C18H17F3N4O3S. The van der Waals surface area contributed by atoms with Crippen molar-refractivity contribution in [3.8, 4) is 0 Å². The van der Waals surface area contributed by atoms with Crippen LogP contribution in [-0.2, 0) is 22.7 Å². The van der Waals surface area contributed by atoms with Crippen molar-refractivity contribution in [3.05, 3.63) is 58.3 Å². The van der Waals surface area contributed by atoms with E-state index < -0.39 is 27.5 Å². The molecule has 154 valence electrons. The second-order valence-electron chi connectivity index (χ2n) is 7.08. The van der Waals surface area contributed by atoms with Crippen molar-refractivity contribution >= 4 is 15.9 Å². The van der Waals surface area contributed by atoms with E-state index in [1.54, 1.807) is 18.2 Å². The zero-order chi connectivity index (χ0) is 20.8. The summed E-state index contributed by atoms with van der Waals surface area (Å²) < 4.78 is 67.4. The van der Waals surface area contributed by atoms with Crippen molar-refractivity contribution in [2.24, 2.45) is 10.3 Å². The van der Waals surface area contributed by atoms with Crippen LogP contribution in [0.15, 0.2) is 50.7 Å². The molecule has 0 atom stereocenters. The summed E-state index contributed by atoms with van der Waals surface area (Å²) in [6.07, 6.45) is -2.42. The Kier molecular flexibility index (Phi) is 4.72. The van der Waals surface area contributed by atoms with Gasteiger partial charge in [0.1, 0.15) is 4.90 Å². The first kappa shape index (κ1) is 19.6. The number of amidine groups is 1. The molecule has 0 unspecified atom stereocenters. The van der Waals surface area contributed by atoms with Crippen molar-refractivity contribution < 1.29 is 21.6 Å². The maximum atomic E-state index is 12.6. The van der Waals surface area contributed by atoms with E-state index >= 15 is 0 Å². The van der Waals surface area contributed by atoms with E-state index in [9.17, 15) is 26.4 Å². The Morgan fingerprint density at radius 3 is 2.48 bits per heavy atom. The molecule has 1 saturated heterocycles. The van der Waals surface area contributed by atoms with E-state index in [2.05, 4.69) is 9.38 Å². The highest BCUT2D eigenvalue weighted by atomic mass is 32.2. The highest BCUT2D eigenvalue weighted by Crippen LogP contribution is 2.30. The van der Waals surface area contributed by atoms with Gasteiger partial charge in [-0.2, -0.15) is 21.6 Å². The third kappa shape index (κ3) is 3.78. The number of nitrogens with zero attached hydrogens (tertiary/aromatic N) is 4. The van der Waals surface area contributed by atoms with Gasteiger partial charge in [-0.25, -0.2) is 4.98 Å². The standard InChI is InChI=1S/C18H17F3N4O3S/c19-18(20,21)15-9-16(26)25(11-22-15)10-12-5-7-24(8-6-12)17-13-3-1-2-4-14(13)29(27,28)23-17/h1-4,9,11-12H,5-8,10H2. The van der Waals surface area contributed by atoms with Crippen LogP contribution in [0.3, 0.4) is 0 Å². The zero-order valence-electron chi connectivity index (χ0n) is 15.1. The molecular weight excluding hydrogens is 409 g/mol. The minimum absolute atomic E-state index is 0.0661. The van der Waals surface area contributed by atoms with Crippen LogP contribution in [0.25, 0.3) is 0 Å². The van der Waals surface area contributed by atoms with E-state index in [4.69, 9.17) is 0 Å². The number of likely N-dealkylation sites (tertiary alicyclic amines) is 1. The molecule has 1 aromatic heterocycles. The number of halogens is 3. The Balaban J connectivity index is 1.44. The Bertz CT molecular complexity index is 1130. The predicted molar refractivity (Wildman–Crippen MR) is 98.0 cm³/mol. The molecule has 1 aromatic carbocycles. The first-order chi connectivity index (χ1) is 13.6. The minimum Gasteiger partial charge on any atom is -0.355 e. The van der Waals surface area contributed by atoms with E-state index in [1.165, 1.54) is 10.6 Å². The summed E-state index contributed by atoms with van der Waals surface area (Å²) in [5.41, 5.74) is -1.36. The maximum Gasteiger partial charge on any atom is 0.433 e. The molecule has 0 amide bonds. The molecule has 2 aliphatic rings. The number of sulfonamides is 1. The van der Waals surface area contributed by atoms with Gasteiger partial charge in [0.25, 0.3) is 15.6 Å². The summed E-state index contributed by atoms with van der Waals surface area (Å²) in [7, 11) is -3.69. The molecule has 4 rings (SSSR count). The average molecular weight is 426 g/mol. The summed E-state index contributed by atoms with van der Waals surface area (Å²) >= 11 is 0. The lowest BCUT2D eigenvalue weighted by atomic mass is 9.96. The van der Waals surface area contributed by atoms with Gasteiger partial charge in [0.15, 0.2) is 11.5 Å². The molecule has 0 aliphatic carbocycles. The number of aromatic nitrogens is 2. The lowest BCUT2D eigenvalue weighted by Gasteiger charge is -2.33. The second-order valence-corrected chi connectivity index (χ2v) is 8.65. The van der Waals surface area contributed by atoms with Crippen molar-refractivity contribution in [1.29, 1.82) is 0 Å². The quantitative estimate of drug-likeness (QED) is 0.735. The van der Waals surface area contributed by atoms with E-state index in [0.717, 1.165) is 6.33 Å². The number of fused-ring (bicyclic) bond motifs is 1. The number of hydrogen-bond donors (Lipinski definition) is 0. The van der Waals surface area contributed by atoms with Crippen molar-refractivity contribution in [3.63, 3.8) is 0 Å². The van der Waals surface area contributed by atoms with E-state index in [0.29, 0.717) is 43.4 Å². The van der Waals surface area contributed by atoms with Crippen molar-refractivity contribution in [1.82, 2.24) is 14.5 Å². The van der Waals surface area contributed by atoms with Crippen LogP contribution in [0.5, 0.6) is 0 Å². The summed E-state index contributed by atoms with van der Waals surface area (Å²) in [5.74, 6) is 0.490. The highest BCUT2D eigenvalue weighted by molar-refractivity contribution is 7.90. The van der Waals surface area contributed by atoms with Gasteiger partial charge in [0.2, 0.25) is 0 Å². The summed E-state index contributed by atoms with van der Waals surface area (Å²) in [5, 5.41) is 0. The SMILES string of the molecule is O=c1cc(C(F)(F)F)ncn1CC1CCN(C2=NS(=O)(=O)c3ccccc32)CC1. The molecule has 0 saturated carbocycles. The largest absolute Gasteiger partial charge is 0.433 e. The van der Waals surface area contributed by atoms with Gasteiger partial charge in [0, 0.05) is 31.3 Å². The Labute approximate surface area is 164 Å². The van der Waals surface area contributed by atoms with Crippen LogP contribution in [0.4, 0.5) is 13.2 Å². The Morgan fingerprint density at radius 2 is 1.83 bits per heavy atom. The van der Waals surface area contributed by atoms with Crippen LogP contribution in [-0.4, -0.2) is 41.8 Å². The number of rotatable bonds is 2. The minimum atomic E-state index is -4.65. The third-order valence-corrected chi connectivity index (χ3v) is 6.48. The van der Waals surface area contributed by atoms with Crippen LogP contribution in [0.2, 0.25) is 0 Å². The van der Waals surface area contributed by atoms with E-state index in [1.807, 2.05) is 4.90 Å².